The predicted octanol–water partition coefficient (Wildman–Crippen LogP) is 10.0. The highest BCUT2D eigenvalue weighted by Gasteiger charge is 2.35. The fourth-order valence-electron chi connectivity index (χ4n) is 7.12. The lowest BCUT2D eigenvalue weighted by molar-refractivity contribution is -0.137. The second-order valence-corrected chi connectivity index (χ2v) is 12.3. The maximum absolute atomic E-state index is 16.1. The van der Waals surface area contributed by atoms with Crippen LogP contribution in [-0.4, -0.2) is 10.1 Å². The van der Waals surface area contributed by atoms with E-state index in [9.17, 15) is 22.7 Å². The molecule has 3 atom stereocenters. The number of hydrogen-bond acceptors (Lipinski definition) is 2. The Labute approximate surface area is 255 Å². The molecule has 44 heavy (non-hydrogen) atoms. The van der Waals surface area contributed by atoms with Gasteiger partial charge in [-0.3, -0.25) is 4.98 Å². The van der Waals surface area contributed by atoms with E-state index in [4.69, 9.17) is 4.98 Å². The van der Waals surface area contributed by atoms with Crippen LogP contribution < -0.4 is 0 Å². The molecular formula is C37H36F5NO. The van der Waals surface area contributed by atoms with Crippen molar-refractivity contribution >= 4 is 0 Å². The Kier molecular flexibility index (Phi) is 8.86. The highest BCUT2D eigenvalue weighted by Crippen LogP contribution is 2.47. The number of nitrogens with zero attached hydrogens (tertiary/aromatic N) is 1. The van der Waals surface area contributed by atoms with Crippen molar-refractivity contribution < 1.29 is 27.1 Å². The maximum Gasteiger partial charge on any atom is 0.416 e. The van der Waals surface area contributed by atoms with E-state index in [-0.39, 0.29) is 23.8 Å². The summed E-state index contributed by atoms with van der Waals surface area (Å²) >= 11 is 0. The van der Waals surface area contributed by atoms with Crippen LogP contribution in [0.5, 0.6) is 0 Å². The SMILES string of the molecule is OC1CC(CCc2ccccc2)Cc2nc(C3CCCC3)c(CC(F)c3ccc(C(F)(F)F)cc3)c(-c3ccc(F)cc3)c21. The van der Waals surface area contributed by atoms with Crippen LogP contribution in [0.15, 0.2) is 78.9 Å². The fraction of sp³-hybridized carbons (Fsp3) is 0.378. The Hall–Kier alpha value is -3.58. The van der Waals surface area contributed by atoms with Gasteiger partial charge in [0.05, 0.1) is 11.7 Å². The Balaban J connectivity index is 1.42. The van der Waals surface area contributed by atoms with E-state index in [1.54, 1.807) is 12.1 Å². The van der Waals surface area contributed by atoms with E-state index < -0.39 is 29.8 Å². The van der Waals surface area contributed by atoms with Gasteiger partial charge in [0.1, 0.15) is 12.0 Å². The summed E-state index contributed by atoms with van der Waals surface area (Å²) in [5.41, 5.74) is 4.91. The lowest BCUT2D eigenvalue weighted by Crippen LogP contribution is -2.24. The van der Waals surface area contributed by atoms with Crippen molar-refractivity contribution in [3.63, 3.8) is 0 Å². The van der Waals surface area contributed by atoms with E-state index in [1.165, 1.54) is 29.8 Å². The van der Waals surface area contributed by atoms with Gasteiger partial charge in [0.2, 0.25) is 0 Å². The monoisotopic (exact) mass is 605 g/mol. The molecule has 1 aromatic heterocycles. The van der Waals surface area contributed by atoms with Crippen LogP contribution in [0.2, 0.25) is 0 Å². The molecule has 1 heterocycles. The molecule has 3 unspecified atom stereocenters. The standard InChI is InChI=1S/C37H36F5NO/c38-29-18-14-26(15-19-29)34-30(22-31(39)25-12-16-28(17-13-25)37(40,41)42)36(27-8-4-5-9-27)43-32-20-24(21-33(44)35(32)34)11-10-23-6-2-1-3-7-23/h1-3,6-7,12-19,24,27,31,33,44H,4-5,8-11,20-22H2. The van der Waals surface area contributed by atoms with Gasteiger partial charge in [0.25, 0.3) is 0 Å². The molecule has 4 aromatic rings. The van der Waals surface area contributed by atoms with Gasteiger partial charge in [-0.25, -0.2) is 8.78 Å². The third-order valence-corrected chi connectivity index (χ3v) is 9.36. The van der Waals surface area contributed by atoms with Crippen LogP contribution in [0.4, 0.5) is 22.0 Å². The van der Waals surface area contributed by atoms with E-state index in [1.807, 2.05) is 18.2 Å². The summed E-state index contributed by atoms with van der Waals surface area (Å²) in [6.07, 6.45) is -0.106. The molecule has 6 rings (SSSR count). The highest BCUT2D eigenvalue weighted by molar-refractivity contribution is 5.74. The molecule has 0 aliphatic heterocycles. The van der Waals surface area contributed by atoms with Crippen LogP contribution in [0, 0.1) is 11.7 Å². The lowest BCUT2D eigenvalue weighted by Gasteiger charge is -2.33. The summed E-state index contributed by atoms with van der Waals surface area (Å²) < 4.78 is 69.7. The van der Waals surface area contributed by atoms with Crippen molar-refractivity contribution in [3.05, 3.63) is 124 Å². The summed E-state index contributed by atoms with van der Waals surface area (Å²) in [5.74, 6) is -0.0605. The first-order valence-electron chi connectivity index (χ1n) is 15.5. The molecule has 2 nitrogen and oxygen atoms in total. The molecule has 0 radical (unpaired) electrons. The Morgan fingerprint density at radius 1 is 0.886 bits per heavy atom. The molecule has 7 heteroatoms. The van der Waals surface area contributed by atoms with Crippen LogP contribution in [0.1, 0.15) is 95.9 Å². The quantitative estimate of drug-likeness (QED) is 0.203. The molecule has 230 valence electrons. The summed E-state index contributed by atoms with van der Waals surface area (Å²) in [6.45, 7) is 0. The molecule has 0 bridgehead atoms. The van der Waals surface area contributed by atoms with Crippen molar-refractivity contribution in [2.75, 3.05) is 0 Å². The van der Waals surface area contributed by atoms with Gasteiger partial charge in [-0.1, -0.05) is 67.4 Å². The molecule has 3 aromatic carbocycles. The number of fused-ring (bicyclic) bond motifs is 1. The lowest BCUT2D eigenvalue weighted by atomic mass is 9.76. The normalized spacial score (nSPS) is 19.6. The highest BCUT2D eigenvalue weighted by atomic mass is 19.4. The minimum absolute atomic E-state index is 0.103. The average molecular weight is 606 g/mol. The molecule has 0 spiro atoms. The summed E-state index contributed by atoms with van der Waals surface area (Å²) in [4.78, 5) is 5.20. The minimum atomic E-state index is -4.51. The minimum Gasteiger partial charge on any atom is -0.388 e. The van der Waals surface area contributed by atoms with Gasteiger partial charge in [0.15, 0.2) is 0 Å². The number of aliphatic hydroxyl groups excluding tert-OH is 1. The number of alkyl halides is 4. The van der Waals surface area contributed by atoms with Gasteiger partial charge in [-0.2, -0.15) is 13.2 Å². The van der Waals surface area contributed by atoms with E-state index in [0.29, 0.717) is 35.1 Å². The third kappa shape index (κ3) is 6.58. The molecule has 2 aliphatic rings. The van der Waals surface area contributed by atoms with E-state index in [0.717, 1.165) is 62.0 Å². The molecular weight excluding hydrogens is 569 g/mol. The summed E-state index contributed by atoms with van der Waals surface area (Å²) in [7, 11) is 0. The zero-order valence-corrected chi connectivity index (χ0v) is 24.5. The molecule has 2 aliphatic carbocycles. The number of aryl methyl sites for hydroxylation is 1. The molecule has 0 saturated heterocycles. The first kappa shape index (κ1) is 30.4. The van der Waals surface area contributed by atoms with Gasteiger partial charge in [0, 0.05) is 29.3 Å². The molecule has 1 N–H and O–H groups in total. The summed E-state index contributed by atoms with van der Waals surface area (Å²) in [6, 6.07) is 20.5. The van der Waals surface area contributed by atoms with Crippen molar-refractivity contribution in [3.8, 4) is 11.1 Å². The van der Waals surface area contributed by atoms with Crippen LogP contribution >= 0.6 is 0 Å². The Morgan fingerprint density at radius 3 is 2.23 bits per heavy atom. The van der Waals surface area contributed by atoms with E-state index in [2.05, 4.69) is 12.1 Å². The number of aliphatic hydroxyl groups is 1. The van der Waals surface area contributed by atoms with Crippen molar-refractivity contribution in [1.29, 1.82) is 0 Å². The van der Waals surface area contributed by atoms with E-state index >= 15 is 4.39 Å². The largest absolute Gasteiger partial charge is 0.416 e. The number of halogens is 5. The van der Waals surface area contributed by atoms with Gasteiger partial charge in [-0.05, 0) is 96.5 Å². The first-order valence-corrected chi connectivity index (χ1v) is 15.5. The predicted molar refractivity (Wildman–Crippen MR) is 161 cm³/mol. The second-order valence-electron chi connectivity index (χ2n) is 12.3. The third-order valence-electron chi connectivity index (χ3n) is 9.36. The molecule has 1 fully saturated rings. The van der Waals surface area contributed by atoms with Crippen molar-refractivity contribution in [2.24, 2.45) is 5.92 Å². The zero-order chi connectivity index (χ0) is 30.8. The fourth-order valence-corrected chi connectivity index (χ4v) is 7.12. The number of aromatic nitrogens is 1. The summed E-state index contributed by atoms with van der Waals surface area (Å²) in [5, 5.41) is 11.6. The smallest absolute Gasteiger partial charge is 0.388 e. The topological polar surface area (TPSA) is 33.1 Å². The van der Waals surface area contributed by atoms with Crippen molar-refractivity contribution in [2.45, 2.75) is 82.2 Å². The van der Waals surface area contributed by atoms with Crippen molar-refractivity contribution in [1.82, 2.24) is 4.98 Å². The molecule has 1 saturated carbocycles. The van der Waals surface area contributed by atoms with Crippen LogP contribution in [0.25, 0.3) is 11.1 Å². The van der Waals surface area contributed by atoms with Gasteiger partial charge >= 0.3 is 6.18 Å². The number of benzene rings is 3. The van der Waals surface area contributed by atoms with Gasteiger partial charge < -0.3 is 5.11 Å². The second kappa shape index (κ2) is 12.8. The average Bonchev–Trinajstić information content (AvgIpc) is 3.56. The first-order chi connectivity index (χ1) is 21.2. The Morgan fingerprint density at radius 2 is 1.57 bits per heavy atom. The zero-order valence-electron chi connectivity index (χ0n) is 24.5. The maximum atomic E-state index is 16.1. The van der Waals surface area contributed by atoms with Crippen LogP contribution in [0.3, 0.4) is 0 Å². The van der Waals surface area contributed by atoms with Crippen LogP contribution in [-0.2, 0) is 25.4 Å². The number of pyridine rings is 1. The number of rotatable bonds is 8. The molecule has 0 amide bonds. The Bertz CT molecular complexity index is 1560. The van der Waals surface area contributed by atoms with Gasteiger partial charge in [-0.15, -0.1) is 0 Å². The number of hydrogen-bond donors (Lipinski definition) is 1.